The average molecular weight is 399 g/mol. The zero-order valence-corrected chi connectivity index (χ0v) is 17.6. The van der Waals surface area contributed by atoms with Gasteiger partial charge in [0.1, 0.15) is 0 Å². The molecule has 3 fully saturated rings. The number of amides is 1. The molecule has 4 unspecified atom stereocenters. The minimum atomic E-state index is 0.0513. The van der Waals surface area contributed by atoms with Crippen LogP contribution in [0.2, 0.25) is 0 Å². The molecule has 3 saturated heterocycles. The Labute approximate surface area is 172 Å². The van der Waals surface area contributed by atoms with Crippen LogP contribution in [-0.4, -0.2) is 60.5 Å². The quantitative estimate of drug-likeness (QED) is 0.809. The van der Waals surface area contributed by atoms with Crippen molar-refractivity contribution in [3.63, 3.8) is 0 Å². The highest BCUT2D eigenvalue weighted by atomic mass is 16.5. The molecule has 0 spiro atoms. The van der Waals surface area contributed by atoms with Gasteiger partial charge in [0.05, 0.1) is 19.9 Å². The van der Waals surface area contributed by atoms with Gasteiger partial charge in [-0.05, 0) is 49.6 Å². The molecular formula is C22H30N4O3. The summed E-state index contributed by atoms with van der Waals surface area (Å²) in [5.74, 6) is 2.59. The van der Waals surface area contributed by atoms with Gasteiger partial charge in [0.15, 0.2) is 11.5 Å². The standard InChI is InChI=1S/C22H30N4O3/c1-14(27)23-12-17-9-15-7-8-26(17)13-18(15)20-11-19(24-25(20)2)16-5-6-21(28-3)22(10-16)29-4/h5-6,10-11,15,17-18H,7-9,12-13H2,1-4H3,(H,23,27). The number of nitrogens with one attached hydrogen (secondary N) is 1. The summed E-state index contributed by atoms with van der Waals surface area (Å²) < 4.78 is 12.8. The van der Waals surface area contributed by atoms with Gasteiger partial charge >= 0.3 is 0 Å². The summed E-state index contributed by atoms with van der Waals surface area (Å²) in [6.45, 7) is 4.48. The Morgan fingerprint density at radius 2 is 2.03 bits per heavy atom. The monoisotopic (exact) mass is 398 g/mol. The molecule has 5 rings (SSSR count). The number of piperidine rings is 3. The number of ether oxygens (including phenoxy) is 2. The maximum atomic E-state index is 11.3. The van der Waals surface area contributed by atoms with Gasteiger partial charge in [-0.3, -0.25) is 14.4 Å². The van der Waals surface area contributed by atoms with Crippen LogP contribution in [0.15, 0.2) is 24.3 Å². The van der Waals surface area contributed by atoms with E-state index >= 15 is 0 Å². The normalized spacial score (nSPS) is 25.7. The van der Waals surface area contributed by atoms with E-state index < -0.39 is 0 Å². The summed E-state index contributed by atoms with van der Waals surface area (Å²) in [7, 11) is 5.32. The molecule has 7 nitrogen and oxygen atoms in total. The number of hydrogen-bond donors (Lipinski definition) is 1. The van der Waals surface area contributed by atoms with E-state index in [1.165, 1.54) is 12.1 Å². The third kappa shape index (κ3) is 3.83. The van der Waals surface area contributed by atoms with Crippen molar-refractivity contribution in [2.24, 2.45) is 13.0 Å². The Morgan fingerprint density at radius 1 is 1.24 bits per heavy atom. The molecule has 1 amide bonds. The number of rotatable bonds is 6. The molecule has 29 heavy (non-hydrogen) atoms. The van der Waals surface area contributed by atoms with Crippen LogP contribution in [0.5, 0.6) is 11.5 Å². The summed E-state index contributed by atoms with van der Waals surface area (Å²) in [6.07, 6.45) is 2.33. The predicted octanol–water partition coefficient (Wildman–Crippen LogP) is 2.42. The van der Waals surface area contributed by atoms with Crippen molar-refractivity contribution >= 4 is 5.91 Å². The van der Waals surface area contributed by atoms with Crippen molar-refractivity contribution in [3.05, 3.63) is 30.0 Å². The molecule has 156 valence electrons. The van der Waals surface area contributed by atoms with Gasteiger partial charge in [-0.15, -0.1) is 0 Å². The summed E-state index contributed by atoms with van der Waals surface area (Å²) >= 11 is 0. The van der Waals surface area contributed by atoms with Crippen molar-refractivity contribution < 1.29 is 14.3 Å². The molecular weight excluding hydrogens is 368 g/mol. The molecule has 2 aromatic rings. The van der Waals surface area contributed by atoms with Crippen LogP contribution in [0.1, 0.15) is 31.4 Å². The fourth-order valence-electron chi connectivity index (χ4n) is 4.91. The fraction of sp³-hybridized carbons (Fsp3) is 0.545. The zero-order chi connectivity index (χ0) is 20.5. The van der Waals surface area contributed by atoms with Crippen molar-refractivity contribution in [1.82, 2.24) is 20.0 Å². The Balaban J connectivity index is 1.54. The lowest BCUT2D eigenvalue weighted by molar-refractivity contribution is -0.119. The first-order valence-electron chi connectivity index (χ1n) is 10.2. The first-order chi connectivity index (χ1) is 14.0. The van der Waals surface area contributed by atoms with Gasteiger partial charge < -0.3 is 14.8 Å². The topological polar surface area (TPSA) is 68.6 Å². The van der Waals surface area contributed by atoms with Gasteiger partial charge in [0, 0.05) is 50.3 Å². The van der Waals surface area contributed by atoms with E-state index in [1.807, 2.05) is 29.9 Å². The summed E-state index contributed by atoms with van der Waals surface area (Å²) in [5.41, 5.74) is 3.26. The second kappa shape index (κ2) is 8.06. The molecule has 0 aliphatic carbocycles. The Hall–Kier alpha value is -2.54. The van der Waals surface area contributed by atoms with E-state index in [4.69, 9.17) is 14.6 Å². The minimum absolute atomic E-state index is 0.0513. The largest absolute Gasteiger partial charge is 0.493 e. The van der Waals surface area contributed by atoms with Gasteiger partial charge in [0.25, 0.3) is 0 Å². The Bertz CT molecular complexity index is 894. The molecule has 3 aliphatic heterocycles. The molecule has 7 heteroatoms. The highest BCUT2D eigenvalue weighted by Gasteiger charge is 2.41. The van der Waals surface area contributed by atoms with Crippen LogP contribution >= 0.6 is 0 Å². The molecule has 1 aromatic carbocycles. The van der Waals surface area contributed by atoms with Gasteiger partial charge in [-0.2, -0.15) is 5.10 Å². The second-order valence-electron chi connectivity index (χ2n) is 8.12. The van der Waals surface area contributed by atoms with Crippen molar-refractivity contribution in [3.8, 4) is 22.8 Å². The van der Waals surface area contributed by atoms with Gasteiger partial charge in [0.2, 0.25) is 5.91 Å². The Kier molecular flexibility index (Phi) is 5.50. The maximum absolute atomic E-state index is 11.3. The highest BCUT2D eigenvalue weighted by Crippen LogP contribution is 2.42. The second-order valence-corrected chi connectivity index (χ2v) is 8.12. The first kappa shape index (κ1) is 19.8. The van der Waals surface area contributed by atoms with Crippen LogP contribution in [0.4, 0.5) is 0 Å². The molecule has 1 aromatic heterocycles. The average Bonchev–Trinajstić information content (AvgIpc) is 3.13. The number of hydrogen-bond acceptors (Lipinski definition) is 5. The third-order valence-corrected chi connectivity index (χ3v) is 6.44. The zero-order valence-electron chi connectivity index (χ0n) is 17.6. The number of carbonyl (C=O) groups is 1. The fourth-order valence-corrected chi connectivity index (χ4v) is 4.91. The molecule has 0 saturated carbocycles. The SMILES string of the molecule is COc1ccc(-c2cc(C3CN4CCC3CC4CNC(C)=O)n(C)n2)cc1OC. The van der Waals surface area contributed by atoms with E-state index in [9.17, 15) is 4.79 Å². The molecule has 2 bridgehead atoms. The summed E-state index contributed by atoms with van der Waals surface area (Å²) in [5, 5.41) is 7.79. The number of benzene rings is 1. The summed E-state index contributed by atoms with van der Waals surface area (Å²) in [4.78, 5) is 13.8. The van der Waals surface area contributed by atoms with Gasteiger partial charge in [-0.1, -0.05) is 0 Å². The number of methoxy groups -OCH3 is 2. The van der Waals surface area contributed by atoms with E-state index in [0.29, 0.717) is 23.6 Å². The molecule has 1 N–H and O–H groups in total. The lowest BCUT2D eigenvalue weighted by atomic mass is 9.74. The lowest BCUT2D eigenvalue weighted by Crippen LogP contribution is -2.56. The molecule has 0 radical (unpaired) electrons. The number of aryl methyl sites for hydroxylation is 1. The maximum Gasteiger partial charge on any atom is 0.216 e. The van der Waals surface area contributed by atoms with Crippen molar-refractivity contribution in [2.45, 2.75) is 31.7 Å². The molecule has 4 heterocycles. The minimum Gasteiger partial charge on any atom is -0.493 e. The van der Waals surface area contributed by atoms with E-state index in [2.05, 4.69) is 16.3 Å². The molecule has 3 aliphatic rings. The van der Waals surface area contributed by atoms with Gasteiger partial charge in [-0.25, -0.2) is 0 Å². The van der Waals surface area contributed by atoms with Crippen molar-refractivity contribution in [1.29, 1.82) is 0 Å². The van der Waals surface area contributed by atoms with Crippen LogP contribution in [-0.2, 0) is 11.8 Å². The highest BCUT2D eigenvalue weighted by molar-refractivity contribution is 5.72. The lowest BCUT2D eigenvalue weighted by Gasteiger charge is -2.49. The Morgan fingerprint density at radius 3 is 2.69 bits per heavy atom. The summed E-state index contributed by atoms with van der Waals surface area (Å²) in [6, 6.07) is 8.59. The van der Waals surface area contributed by atoms with Crippen LogP contribution in [0.25, 0.3) is 11.3 Å². The first-order valence-corrected chi connectivity index (χ1v) is 10.2. The molecule has 4 atom stereocenters. The number of carbonyl (C=O) groups excluding carboxylic acids is 1. The van der Waals surface area contributed by atoms with E-state index in [0.717, 1.165) is 43.1 Å². The van der Waals surface area contributed by atoms with Crippen LogP contribution in [0, 0.1) is 5.92 Å². The number of nitrogens with zero attached hydrogens (tertiary/aromatic N) is 3. The third-order valence-electron chi connectivity index (χ3n) is 6.44. The van der Waals surface area contributed by atoms with Crippen LogP contribution in [0.3, 0.4) is 0 Å². The number of fused-ring (bicyclic) bond motifs is 3. The van der Waals surface area contributed by atoms with E-state index in [-0.39, 0.29) is 5.91 Å². The van der Waals surface area contributed by atoms with Crippen molar-refractivity contribution in [2.75, 3.05) is 33.9 Å². The van der Waals surface area contributed by atoms with Crippen LogP contribution < -0.4 is 14.8 Å². The smallest absolute Gasteiger partial charge is 0.216 e. The number of aromatic nitrogens is 2. The predicted molar refractivity (Wildman–Crippen MR) is 111 cm³/mol. The van der Waals surface area contributed by atoms with E-state index in [1.54, 1.807) is 21.1 Å².